The second kappa shape index (κ2) is 11.9. The summed E-state index contributed by atoms with van der Waals surface area (Å²) in [6.07, 6.45) is 4.16. The highest BCUT2D eigenvalue weighted by Gasteiger charge is 2.05. The normalized spacial score (nSPS) is 11.0. The molecule has 1 aromatic heterocycles. The predicted octanol–water partition coefficient (Wildman–Crippen LogP) is 2.67. The topological polar surface area (TPSA) is 108 Å². The van der Waals surface area contributed by atoms with Crippen LogP contribution in [0, 0.1) is 0 Å². The summed E-state index contributed by atoms with van der Waals surface area (Å²) in [4.78, 5) is 21.1. The Morgan fingerprint density at radius 1 is 1.06 bits per heavy atom. The lowest BCUT2D eigenvalue weighted by molar-refractivity contribution is -0.125. The van der Waals surface area contributed by atoms with Crippen molar-refractivity contribution in [1.82, 2.24) is 10.3 Å². The van der Waals surface area contributed by atoms with Crippen LogP contribution >= 0.6 is 0 Å². The molecule has 0 unspecified atom stereocenters. The Kier molecular flexibility index (Phi) is 8.44. The Hall–Kier alpha value is -4.07. The lowest BCUT2D eigenvalue weighted by Crippen LogP contribution is -2.29. The maximum Gasteiger partial charge on any atom is 0.260 e. The van der Waals surface area contributed by atoms with Crippen molar-refractivity contribution in [2.75, 3.05) is 20.3 Å². The molecule has 3 N–H and O–H groups in total. The number of pyridine rings is 1. The van der Waals surface area contributed by atoms with Crippen molar-refractivity contribution in [2.24, 2.45) is 10.9 Å². The van der Waals surface area contributed by atoms with E-state index >= 15 is 0 Å². The first kappa shape index (κ1) is 22.6. The zero-order valence-electron chi connectivity index (χ0n) is 17.9. The average molecular weight is 434 g/mol. The number of aromatic nitrogens is 1. The molecular formula is C24H26N4O4. The third-order valence-electron chi connectivity index (χ3n) is 4.51. The molecule has 0 aliphatic rings. The molecule has 1 heterocycles. The number of oxime groups is 1. The molecule has 0 radical (unpaired) electrons. The van der Waals surface area contributed by atoms with Gasteiger partial charge in [-0.15, -0.1) is 0 Å². The number of methoxy groups -OCH3 is 1. The summed E-state index contributed by atoms with van der Waals surface area (Å²) in [5, 5.41) is 6.62. The van der Waals surface area contributed by atoms with Crippen LogP contribution in [0.15, 0.2) is 78.2 Å². The monoisotopic (exact) mass is 434 g/mol. The molecule has 0 saturated heterocycles. The summed E-state index contributed by atoms with van der Waals surface area (Å²) in [6.45, 7) is 0.659. The molecular weight excluding hydrogens is 408 g/mol. The van der Waals surface area contributed by atoms with Gasteiger partial charge in [-0.25, -0.2) is 0 Å². The van der Waals surface area contributed by atoms with E-state index in [1.165, 1.54) is 0 Å². The van der Waals surface area contributed by atoms with E-state index in [2.05, 4.69) is 15.5 Å². The molecule has 166 valence electrons. The number of amidine groups is 1. The van der Waals surface area contributed by atoms with Crippen LogP contribution in [-0.2, 0) is 22.7 Å². The second-order valence-electron chi connectivity index (χ2n) is 6.88. The first-order valence-electron chi connectivity index (χ1n) is 10.1. The van der Waals surface area contributed by atoms with Crippen molar-refractivity contribution in [3.05, 3.63) is 89.7 Å². The van der Waals surface area contributed by atoms with Crippen LogP contribution in [0.2, 0.25) is 0 Å². The number of nitrogens with two attached hydrogens (primary N) is 1. The highest BCUT2D eigenvalue weighted by Crippen LogP contribution is 2.15. The highest BCUT2D eigenvalue weighted by atomic mass is 16.6. The Morgan fingerprint density at radius 2 is 1.91 bits per heavy atom. The van der Waals surface area contributed by atoms with E-state index in [9.17, 15) is 4.79 Å². The summed E-state index contributed by atoms with van der Waals surface area (Å²) in [6, 6.07) is 18.7. The van der Waals surface area contributed by atoms with Gasteiger partial charge in [0, 0.05) is 30.1 Å². The van der Waals surface area contributed by atoms with E-state index in [4.69, 9.17) is 20.0 Å². The van der Waals surface area contributed by atoms with Crippen molar-refractivity contribution < 1.29 is 19.1 Å². The largest absolute Gasteiger partial charge is 0.497 e. The van der Waals surface area contributed by atoms with Crippen LogP contribution < -0.4 is 20.5 Å². The fourth-order valence-corrected chi connectivity index (χ4v) is 2.80. The predicted molar refractivity (Wildman–Crippen MR) is 121 cm³/mol. The maximum atomic E-state index is 11.9. The van der Waals surface area contributed by atoms with Gasteiger partial charge in [-0.3, -0.25) is 9.78 Å². The van der Waals surface area contributed by atoms with Crippen molar-refractivity contribution in [2.45, 2.75) is 13.0 Å². The van der Waals surface area contributed by atoms with E-state index in [1.807, 2.05) is 48.5 Å². The fraction of sp³-hybridized carbons (Fsp3) is 0.208. The van der Waals surface area contributed by atoms with Gasteiger partial charge in [0.2, 0.25) is 0 Å². The summed E-state index contributed by atoms with van der Waals surface area (Å²) < 4.78 is 10.9. The number of hydrogen-bond donors (Lipinski definition) is 2. The maximum absolute atomic E-state index is 11.9. The van der Waals surface area contributed by atoms with Crippen molar-refractivity contribution >= 4 is 11.7 Å². The number of carbonyl (C=O) groups is 1. The second-order valence-corrected chi connectivity index (χ2v) is 6.88. The average Bonchev–Trinajstić information content (AvgIpc) is 2.84. The van der Waals surface area contributed by atoms with Crippen molar-refractivity contribution in [3.8, 4) is 11.5 Å². The fourth-order valence-electron chi connectivity index (χ4n) is 2.80. The number of amides is 1. The van der Waals surface area contributed by atoms with E-state index < -0.39 is 0 Å². The summed E-state index contributed by atoms with van der Waals surface area (Å²) in [5.41, 5.74) is 8.66. The van der Waals surface area contributed by atoms with Crippen molar-refractivity contribution in [3.63, 3.8) is 0 Å². The Balaban J connectivity index is 1.41. The first-order valence-corrected chi connectivity index (χ1v) is 10.1. The Labute approximate surface area is 187 Å². The minimum atomic E-state index is -0.274. The van der Waals surface area contributed by atoms with Crippen LogP contribution in [0.3, 0.4) is 0 Å². The van der Waals surface area contributed by atoms with Crippen LogP contribution in [0.4, 0.5) is 0 Å². The molecule has 3 aromatic rings. The van der Waals surface area contributed by atoms with E-state index in [1.54, 1.807) is 31.6 Å². The minimum Gasteiger partial charge on any atom is -0.497 e. The smallest absolute Gasteiger partial charge is 0.260 e. The molecule has 3 rings (SSSR count). The van der Waals surface area contributed by atoms with Gasteiger partial charge in [0.15, 0.2) is 12.4 Å². The summed E-state index contributed by atoms with van der Waals surface area (Å²) in [5.74, 6) is 1.32. The number of benzene rings is 2. The Morgan fingerprint density at radius 3 is 2.66 bits per heavy atom. The first-order chi connectivity index (χ1) is 15.6. The number of nitrogens with one attached hydrogen (secondary N) is 1. The van der Waals surface area contributed by atoms with Crippen LogP contribution in [0.1, 0.15) is 16.7 Å². The molecule has 0 spiro atoms. The number of nitrogens with zero attached hydrogens (tertiary/aromatic N) is 2. The van der Waals surface area contributed by atoms with Crippen LogP contribution in [-0.4, -0.2) is 37.0 Å². The summed E-state index contributed by atoms with van der Waals surface area (Å²) >= 11 is 0. The van der Waals surface area contributed by atoms with Gasteiger partial charge in [0.1, 0.15) is 18.1 Å². The molecule has 1 amide bonds. The van der Waals surface area contributed by atoms with Crippen molar-refractivity contribution in [1.29, 1.82) is 0 Å². The van der Waals surface area contributed by atoms with E-state index in [0.29, 0.717) is 30.9 Å². The SMILES string of the molecule is COc1ccc(CCNC(=O)CO/N=C(/N)c2cccc(OCc3cccnc3)c2)cc1. The van der Waals surface area contributed by atoms with Gasteiger partial charge in [-0.2, -0.15) is 0 Å². The number of carbonyl (C=O) groups excluding carboxylic acids is 1. The molecule has 8 heteroatoms. The van der Waals surface area contributed by atoms with Crippen LogP contribution in [0.25, 0.3) is 0 Å². The lowest BCUT2D eigenvalue weighted by atomic mass is 10.1. The quantitative estimate of drug-likeness (QED) is 0.273. The molecule has 32 heavy (non-hydrogen) atoms. The molecule has 0 aliphatic carbocycles. The molecule has 0 bridgehead atoms. The molecule has 8 nitrogen and oxygen atoms in total. The molecule has 0 aliphatic heterocycles. The van der Waals surface area contributed by atoms with Gasteiger partial charge in [-0.1, -0.05) is 35.5 Å². The zero-order chi connectivity index (χ0) is 22.6. The van der Waals surface area contributed by atoms with Gasteiger partial charge < -0.3 is 25.4 Å². The van der Waals surface area contributed by atoms with E-state index in [-0.39, 0.29) is 18.3 Å². The molecule has 2 aromatic carbocycles. The minimum absolute atomic E-state index is 0.155. The van der Waals surface area contributed by atoms with Gasteiger partial charge in [0.05, 0.1) is 7.11 Å². The molecule has 0 fully saturated rings. The van der Waals surface area contributed by atoms with Gasteiger partial charge in [-0.05, 0) is 42.3 Å². The number of rotatable bonds is 11. The lowest BCUT2D eigenvalue weighted by Gasteiger charge is -2.08. The third kappa shape index (κ3) is 7.32. The van der Waals surface area contributed by atoms with Gasteiger partial charge >= 0.3 is 0 Å². The van der Waals surface area contributed by atoms with E-state index in [0.717, 1.165) is 16.9 Å². The highest BCUT2D eigenvalue weighted by molar-refractivity contribution is 5.97. The Bertz CT molecular complexity index is 1020. The standard InChI is InChI=1S/C24H26N4O4/c1-30-21-9-7-18(8-10-21)11-13-27-23(29)17-32-28-24(25)20-5-2-6-22(14-20)31-16-19-4-3-12-26-15-19/h2-10,12,14-15H,11,13,16-17H2,1H3,(H2,25,28)(H,27,29). The van der Waals surface area contributed by atoms with Crippen LogP contribution in [0.5, 0.6) is 11.5 Å². The van der Waals surface area contributed by atoms with Gasteiger partial charge in [0.25, 0.3) is 5.91 Å². The number of ether oxygens (including phenoxy) is 2. The number of hydrogen-bond acceptors (Lipinski definition) is 6. The third-order valence-corrected chi connectivity index (χ3v) is 4.51. The zero-order valence-corrected chi connectivity index (χ0v) is 17.9. The molecule has 0 atom stereocenters. The molecule has 0 saturated carbocycles. The summed E-state index contributed by atoms with van der Waals surface area (Å²) in [7, 11) is 1.62.